The van der Waals surface area contributed by atoms with E-state index in [4.69, 9.17) is 9.15 Å². The number of halogens is 1. The van der Waals surface area contributed by atoms with Gasteiger partial charge in [-0.25, -0.2) is 4.39 Å². The van der Waals surface area contributed by atoms with Crippen molar-refractivity contribution < 1.29 is 18.7 Å². The van der Waals surface area contributed by atoms with Gasteiger partial charge in [0.2, 0.25) is 0 Å². The summed E-state index contributed by atoms with van der Waals surface area (Å²) in [6.07, 6.45) is 2.87. The minimum Gasteiger partial charge on any atom is -0.458 e. The Balaban J connectivity index is 1.83. The van der Waals surface area contributed by atoms with Crippen molar-refractivity contribution >= 4 is 11.0 Å². The van der Waals surface area contributed by atoms with E-state index in [2.05, 4.69) is 0 Å². The molecule has 0 radical (unpaired) electrons. The Hall–Kier alpha value is -1.39. The van der Waals surface area contributed by atoms with Gasteiger partial charge in [0, 0.05) is 18.9 Å². The van der Waals surface area contributed by atoms with Gasteiger partial charge in [0.25, 0.3) is 0 Å². The standard InChI is InChI=1S/C15H17FO3/c1-18-15(5-2-6-15)9-12(17)14-8-10-7-11(16)3-4-13(10)19-14/h3-4,7-8,12,17H,2,5-6,9H2,1H3. The van der Waals surface area contributed by atoms with E-state index in [0.29, 0.717) is 23.2 Å². The van der Waals surface area contributed by atoms with Crippen molar-refractivity contribution in [1.29, 1.82) is 0 Å². The third kappa shape index (κ3) is 2.26. The molecule has 0 amide bonds. The van der Waals surface area contributed by atoms with Gasteiger partial charge in [-0.3, -0.25) is 0 Å². The zero-order chi connectivity index (χ0) is 13.5. The first-order valence-electron chi connectivity index (χ1n) is 6.54. The topological polar surface area (TPSA) is 42.6 Å². The quantitative estimate of drug-likeness (QED) is 0.918. The molecule has 1 saturated carbocycles. The van der Waals surface area contributed by atoms with E-state index in [1.807, 2.05) is 0 Å². The summed E-state index contributed by atoms with van der Waals surface area (Å²) in [5.74, 6) is 0.172. The Morgan fingerprint density at radius 1 is 1.42 bits per heavy atom. The molecule has 1 N–H and O–H groups in total. The Morgan fingerprint density at radius 2 is 2.21 bits per heavy atom. The minimum absolute atomic E-state index is 0.219. The lowest BCUT2D eigenvalue weighted by molar-refractivity contribution is -0.102. The largest absolute Gasteiger partial charge is 0.458 e. The highest BCUT2D eigenvalue weighted by molar-refractivity contribution is 5.77. The third-order valence-corrected chi connectivity index (χ3v) is 4.09. The van der Waals surface area contributed by atoms with Gasteiger partial charge < -0.3 is 14.3 Å². The van der Waals surface area contributed by atoms with Crippen LogP contribution in [0.5, 0.6) is 0 Å². The molecule has 1 heterocycles. The molecule has 1 fully saturated rings. The smallest absolute Gasteiger partial charge is 0.134 e. The van der Waals surface area contributed by atoms with Crippen LogP contribution in [0.3, 0.4) is 0 Å². The van der Waals surface area contributed by atoms with Crippen molar-refractivity contribution in [1.82, 2.24) is 0 Å². The monoisotopic (exact) mass is 264 g/mol. The highest BCUT2D eigenvalue weighted by Crippen LogP contribution is 2.42. The summed E-state index contributed by atoms with van der Waals surface area (Å²) in [6.45, 7) is 0. The van der Waals surface area contributed by atoms with Crippen LogP contribution in [-0.4, -0.2) is 17.8 Å². The Bertz CT molecular complexity index is 581. The lowest BCUT2D eigenvalue weighted by atomic mass is 9.76. The van der Waals surface area contributed by atoms with Crippen LogP contribution in [0.4, 0.5) is 4.39 Å². The summed E-state index contributed by atoms with van der Waals surface area (Å²) in [6, 6.07) is 6.04. The van der Waals surface area contributed by atoms with E-state index in [-0.39, 0.29) is 11.4 Å². The third-order valence-electron chi connectivity index (χ3n) is 4.09. The summed E-state index contributed by atoms with van der Waals surface area (Å²) < 4.78 is 24.2. The van der Waals surface area contributed by atoms with Crippen molar-refractivity contribution in [3.05, 3.63) is 35.8 Å². The molecule has 102 valence electrons. The lowest BCUT2D eigenvalue weighted by Gasteiger charge is -2.41. The van der Waals surface area contributed by atoms with Gasteiger partial charge in [0.1, 0.15) is 23.3 Å². The Labute approximate surface area is 111 Å². The van der Waals surface area contributed by atoms with Gasteiger partial charge >= 0.3 is 0 Å². The second-order valence-corrected chi connectivity index (χ2v) is 5.29. The molecule has 0 bridgehead atoms. The average Bonchev–Trinajstić information content (AvgIpc) is 2.76. The molecular formula is C15H17FO3. The maximum absolute atomic E-state index is 13.1. The Morgan fingerprint density at radius 3 is 2.84 bits per heavy atom. The normalized spacial score (nSPS) is 19.3. The number of fused-ring (bicyclic) bond motifs is 1. The lowest BCUT2D eigenvalue weighted by Crippen LogP contribution is -2.40. The molecule has 1 unspecified atom stereocenters. The summed E-state index contributed by atoms with van der Waals surface area (Å²) >= 11 is 0. The highest BCUT2D eigenvalue weighted by atomic mass is 19.1. The predicted octanol–water partition coefficient (Wildman–Crippen LogP) is 3.56. The minimum atomic E-state index is -0.712. The summed E-state index contributed by atoms with van der Waals surface area (Å²) in [7, 11) is 1.68. The second-order valence-electron chi connectivity index (χ2n) is 5.29. The van der Waals surface area contributed by atoms with Gasteiger partial charge in [-0.15, -0.1) is 0 Å². The molecule has 0 aliphatic heterocycles. The van der Waals surface area contributed by atoms with E-state index in [1.54, 1.807) is 19.2 Å². The van der Waals surface area contributed by atoms with E-state index < -0.39 is 6.10 Å². The number of furan rings is 1. The first kappa shape index (κ1) is 12.6. The molecule has 1 aromatic heterocycles. The number of aliphatic hydroxyl groups is 1. The molecule has 19 heavy (non-hydrogen) atoms. The molecule has 0 saturated heterocycles. The van der Waals surface area contributed by atoms with Gasteiger partial charge in [0.05, 0.1) is 5.60 Å². The molecule has 1 aliphatic carbocycles. The van der Waals surface area contributed by atoms with Crippen LogP contribution >= 0.6 is 0 Å². The molecule has 3 nitrogen and oxygen atoms in total. The van der Waals surface area contributed by atoms with Crippen LogP contribution in [0.2, 0.25) is 0 Å². The van der Waals surface area contributed by atoms with Crippen LogP contribution in [0.15, 0.2) is 28.7 Å². The van der Waals surface area contributed by atoms with E-state index >= 15 is 0 Å². The van der Waals surface area contributed by atoms with E-state index in [0.717, 1.165) is 19.3 Å². The van der Waals surface area contributed by atoms with Crippen molar-refractivity contribution in [2.75, 3.05) is 7.11 Å². The predicted molar refractivity (Wildman–Crippen MR) is 69.3 cm³/mol. The van der Waals surface area contributed by atoms with E-state index in [1.165, 1.54) is 12.1 Å². The zero-order valence-corrected chi connectivity index (χ0v) is 10.9. The fourth-order valence-corrected chi connectivity index (χ4v) is 2.71. The first-order chi connectivity index (χ1) is 9.12. The number of benzene rings is 1. The van der Waals surface area contributed by atoms with Crippen molar-refractivity contribution in [3.63, 3.8) is 0 Å². The van der Waals surface area contributed by atoms with Crippen LogP contribution < -0.4 is 0 Å². The second kappa shape index (κ2) is 4.62. The number of aliphatic hydroxyl groups excluding tert-OH is 1. The maximum Gasteiger partial charge on any atom is 0.134 e. The number of ether oxygens (including phenoxy) is 1. The summed E-state index contributed by atoms with van der Waals surface area (Å²) in [5, 5.41) is 10.9. The van der Waals surface area contributed by atoms with Gasteiger partial charge in [0.15, 0.2) is 0 Å². The van der Waals surface area contributed by atoms with Crippen LogP contribution in [0.25, 0.3) is 11.0 Å². The zero-order valence-electron chi connectivity index (χ0n) is 10.9. The summed E-state index contributed by atoms with van der Waals surface area (Å²) in [4.78, 5) is 0. The van der Waals surface area contributed by atoms with Crippen molar-refractivity contribution in [2.45, 2.75) is 37.4 Å². The average molecular weight is 264 g/mol. The molecule has 1 atom stereocenters. The summed E-state index contributed by atoms with van der Waals surface area (Å²) in [5.41, 5.74) is 0.374. The molecule has 1 aromatic carbocycles. The van der Waals surface area contributed by atoms with Crippen LogP contribution in [-0.2, 0) is 4.74 Å². The molecule has 0 spiro atoms. The van der Waals surface area contributed by atoms with Crippen LogP contribution in [0.1, 0.15) is 37.5 Å². The van der Waals surface area contributed by atoms with Crippen molar-refractivity contribution in [3.8, 4) is 0 Å². The Kier molecular flexibility index (Phi) is 3.07. The van der Waals surface area contributed by atoms with Gasteiger partial charge in [-0.1, -0.05) is 0 Å². The maximum atomic E-state index is 13.1. The van der Waals surface area contributed by atoms with Gasteiger partial charge in [-0.05, 0) is 43.5 Å². The van der Waals surface area contributed by atoms with Crippen molar-refractivity contribution in [2.24, 2.45) is 0 Å². The molecular weight excluding hydrogens is 247 g/mol. The number of hydrogen-bond acceptors (Lipinski definition) is 3. The fourth-order valence-electron chi connectivity index (χ4n) is 2.71. The van der Waals surface area contributed by atoms with Gasteiger partial charge in [-0.2, -0.15) is 0 Å². The molecule has 1 aliphatic rings. The SMILES string of the molecule is COC1(CC(O)c2cc3cc(F)ccc3o2)CCC1. The molecule has 2 aromatic rings. The highest BCUT2D eigenvalue weighted by Gasteiger charge is 2.39. The van der Waals surface area contributed by atoms with Crippen LogP contribution in [0, 0.1) is 5.82 Å². The number of methoxy groups -OCH3 is 1. The fraction of sp³-hybridized carbons (Fsp3) is 0.467. The first-order valence-corrected chi connectivity index (χ1v) is 6.54. The number of hydrogen-bond donors (Lipinski definition) is 1. The molecule has 3 rings (SSSR count). The van der Waals surface area contributed by atoms with E-state index in [9.17, 15) is 9.50 Å². The number of rotatable bonds is 4. The molecule has 4 heteroatoms.